The van der Waals surface area contributed by atoms with Crippen LogP contribution in [0.3, 0.4) is 0 Å². The number of anilines is 1. The molecule has 0 aliphatic rings. The number of aliphatic hydroxyl groups excluding tert-OH is 1. The maximum absolute atomic E-state index is 11.0. The molecule has 7 nitrogen and oxygen atoms in total. The minimum absolute atomic E-state index is 0.120. The van der Waals surface area contributed by atoms with Gasteiger partial charge < -0.3 is 10.4 Å². The summed E-state index contributed by atoms with van der Waals surface area (Å²) in [7, 11) is 0. The molecule has 2 aromatic rings. The average molecular weight is 260 g/mol. The van der Waals surface area contributed by atoms with E-state index >= 15 is 0 Å². The molecule has 0 spiro atoms. The van der Waals surface area contributed by atoms with E-state index in [-0.39, 0.29) is 24.7 Å². The summed E-state index contributed by atoms with van der Waals surface area (Å²) in [6.07, 6.45) is 4.76. The van der Waals surface area contributed by atoms with E-state index in [1.165, 1.54) is 6.07 Å². The molecule has 0 aliphatic heterocycles. The van der Waals surface area contributed by atoms with Crippen LogP contribution in [0, 0.1) is 10.1 Å². The van der Waals surface area contributed by atoms with Gasteiger partial charge in [0, 0.05) is 36.8 Å². The Morgan fingerprint density at radius 2 is 2.05 bits per heavy atom. The largest absolute Gasteiger partial charge is 0.395 e. The molecule has 19 heavy (non-hydrogen) atoms. The zero-order valence-electron chi connectivity index (χ0n) is 9.98. The fraction of sp³-hybridized carbons (Fsp3) is 0.167. The van der Waals surface area contributed by atoms with Gasteiger partial charge in [-0.1, -0.05) is 0 Å². The Balaban J connectivity index is 2.39. The van der Waals surface area contributed by atoms with Crippen molar-refractivity contribution in [2.75, 3.05) is 18.5 Å². The summed E-state index contributed by atoms with van der Waals surface area (Å²) in [6.45, 7) is 0.0907. The van der Waals surface area contributed by atoms with Crippen LogP contribution >= 0.6 is 0 Å². The van der Waals surface area contributed by atoms with Crippen LogP contribution in [0.4, 0.5) is 11.5 Å². The Morgan fingerprint density at radius 3 is 2.68 bits per heavy atom. The molecule has 2 heterocycles. The van der Waals surface area contributed by atoms with Crippen LogP contribution in [0.25, 0.3) is 11.1 Å². The second-order valence-corrected chi connectivity index (χ2v) is 3.74. The molecule has 2 rings (SSSR count). The number of aliphatic hydroxyl groups is 1. The van der Waals surface area contributed by atoms with Gasteiger partial charge in [0.2, 0.25) is 5.82 Å². The highest BCUT2D eigenvalue weighted by atomic mass is 16.6. The van der Waals surface area contributed by atoms with E-state index in [2.05, 4.69) is 15.3 Å². The molecule has 7 heteroatoms. The van der Waals surface area contributed by atoms with Gasteiger partial charge in [-0.2, -0.15) is 0 Å². The Labute approximate surface area is 109 Å². The number of pyridine rings is 2. The quantitative estimate of drug-likeness (QED) is 0.623. The fourth-order valence-electron chi connectivity index (χ4n) is 1.61. The van der Waals surface area contributed by atoms with Gasteiger partial charge in [0.05, 0.1) is 11.5 Å². The van der Waals surface area contributed by atoms with Crippen molar-refractivity contribution in [2.24, 2.45) is 0 Å². The van der Waals surface area contributed by atoms with Crippen molar-refractivity contribution in [1.29, 1.82) is 0 Å². The Kier molecular flexibility index (Phi) is 3.99. The third-order valence-electron chi connectivity index (χ3n) is 2.48. The smallest absolute Gasteiger partial charge is 0.311 e. The third kappa shape index (κ3) is 3.02. The molecule has 0 bridgehead atoms. The van der Waals surface area contributed by atoms with Gasteiger partial charge in [-0.3, -0.25) is 15.1 Å². The summed E-state index contributed by atoms with van der Waals surface area (Å²) in [5.74, 6) is 0.150. The highest BCUT2D eigenvalue weighted by Crippen LogP contribution is 2.27. The standard InChI is InChI=1S/C12H12N4O3/c17-6-5-14-12-11(16(18)19)7-10(8-15-12)9-1-3-13-4-2-9/h1-4,7-8,17H,5-6H2,(H,14,15). The second kappa shape index (κ2) is 5.87. The van der Waals surface area contributed by atoms with Crippen LogP contribution in [0.5, 0.6) is 0 Å². The van der Waals surface area contributed by atoms with Crippen molar-refractivity contribution in [3.63, 3.8) is 0 Å². The molecule has 0 aromatic carbocycles. The zero-order chi connectivity index (χ0) is 13.7. The van der Waals surface area contributed by atoms with E-state index in [9.17, 15) is 10.1 Å². The van der Waals surface area contributed by atoms with Crippen LogP contribution in [-0.4, -0.2) is 33.1 Å². The Morgan fingerprint density at radius 1 is 1.32 bits per heavy atom. The van der Waals surface area contributed by atoms with Crippen molar-refractivity contribution in [1.82, 2.24) is 9.97 Å². The van der Waals surface area contributed by atoms with Gasteiger partial charge >= 0.3 is 5.69 Å². The number of rotatable bonds is 5. The number of hydrogen-bond donors (Lipinski definition) is 2. The van der Waals surface area contributed by atoms with Gasteiger partial charge in [-0.05, 0) is 17.7 Å². The number of aromatic nitrogens is 2. The normalized spacial score (nSPS) is 10.2. The predicted octanol–water partition coefficient (Wildman–Crippen LogP) is 1.46. The lowest BCUT2D eigenvalue weighted by Gasteiger charge is -2.06. The molecule has 0 saturated heterocycles. The van der Waals surface area contributed by atoms with E-state index < -0.39 is 4.92 Å². The van der Waals surface area contributed by atoms with E-state index in [0.717, 1.165) is 5.56 Å². The molecular weight excluding hydrogens is 248 g/mol. The van der Waals surface area contributed by atoms with E-state index in [4.69, 9.17) is 5.11 Å². The lowest BCUT2D eigenvalue weighted by molar-refractivity contribution is -0.384. The van der Waals surface area contributed by atoms with Gasteiger partial charge in [-0.15, -0.1) is 0 Å². The van der Waals surface area contributed by atoms with E-state index in [1.54, 1.807) is 30.7 Å². The van der Waals surface area contributed by atoms with Gasteiger partial charge in [0.15, 0.2) is 0 Å². The first kappa shape index (κ1) is 12.9. The molecule has 0 aliphatic carbocycles. The monoisotopic (exact) mass is 260 g/mol. The van der Waals surface area contributed by atoms with Crippen LogP contribution in [-0.2, 0) is 0 Å². The van der Waals surface area contributed by atoms with Crippen molar-refractivity contribution in [3.05, 3.63) is 46.9 Å². The lowest BCUT2D eigenvalue weighted by atomic mass is 10.1. The topological polar surface area (TPSA) is 101 Å². The molecular formula is C12H12N4O3. The predicted molar refractivity (Wildman–Crippen MR) is 69.7 cm³/mol. The molecule has 0 fully saturated rings. The first-order chi connectivity index (χ1) is 9.22. The van der Waals surface area contributed by atoms with Crippen LogP contribution < -0.4 is 5.32 Å². The maximum Gasteiger partial charge on any atom is 0.311 e. The first-order valence-corrected chi connectivity index (χ1v) is 5.62. The SMILES string of the molecule is O=[N+]([O-])c1cc(-c2ccncc2)cnc1NCCO. The molecule has 2 N–H and O–H groups in total. The highest BCUT2D eigenvalue weighted by molar-refractivity contribution is 5.69. The van der Waals surface area contributed by atoms with Gasteiger partial charge in [0.25, 0.3) is 0 Å². The van der Waals surface area contributed by atoms with Crippen LogP contribution in [0.1, 0.15) is 0 Å². The highest BCUT2D eigenvalue weighted by Gasteiger charge is 2.16. The zero-order valence-corrected chi connectivity index (χ0v) is 9.98. The second-order valence-electron chi connectivity index (χ2n) is 3.74. The molecule has 0 radical (unpaired) electrons. The number of hydrogen-bond acceptors (Lipinski definition) is 6. The van der Waals surface area contributed by atoms with Crippen molar-refractivity contribution in [2.45, 2.75) is 0 Å². The summed E-state index contributed by atoms with van der Waals surface area (Å²) in [6, 6.07) is 4.95. The van der Waals surface area contributed by atoms with Crippen molar-refractivity contribution in [3.8, 4) is 11.1 Å². The summed E-state index contributed by atoms with van der Waals surface area (Å²) >= 11 is 0. The van der Waals surface area contributed by atoms with Gasteiger partial charge in [-0.25, -0.2) is 4.98 Å². The molecule has 0 amide bonds. The number of nitro groups is 1. The van der Waals surface area contributed by atoms with Crippen molar-refractivity contribution < 1.29 is 10.0 Å². The van der Waals surface area contributed by atoms with Crippen LogP contribution in [0.15, 0.2) is 36.8 Å². The van der Waals surface area contributed by atoms with E-state index in [1.807, 2.05) is 0 Å². The third-order valence-corrected chi connectivity index (χ3v) is 2.48. The Hall–Kier alpha value is -2.54. The van der Waals surface area contributed by atoms with E-state index in [0.29, 0.717) is 5.56 Å². The van der Waals surface area contributed by atoms with Gasteiger partial charge in [0.1, 0.15) is 0 Å². The molecule has 0 unspecified atom stereocenters. The first-order valence-electron chi connectivity index (χ1n) is 5.62. The summed E-state index contributed by atoms with van der Waals surface area (Å²) < 4.78 is 0. The Bertz CT molecular complexity index is 574. The lowest BCUT2D eigenvalue weighted by Crippen LogP contribution is -2.09. The minimum atomic E-state index is -0.503. The summed E-state index contributed by atoms with van der Waals surface area (Å²) in [5.41, 5.74) is 1.32. The van der Waals surface area contributed by atoms with Crippen molar-refractivity contribution >= 4 is 11.5 Å². The molecule has 98 valence electrons. The number of nitrogens with one attached hydrogen (secondary N) is 1. The maximum atomic E-state index is 11.0. The summed E-state index contributed by atoms with van der Waals surface area (Å²) in [4.78, 5) is 18.4. The molecule has 2 aromatic heterocycles. The molecule has 0 atom stereocenters. The fourth-order valence-corrected chi connectivity index (χ4v) is 1.61. The molecule has 0 saturated carbocycles. The summed E-state index contributed by atoms with van der Waals surface area (Å²) in [5, 5.41) is 22.4. The van der Waals surface area contributed by atoms with Crippen LogP contribution in [0.2, 0.25) is 0 Å². The number of nitrogens with zero attached hydrogens (tertiary/aromatic N) is 3. The average Bonchev–Trinajstić information content (AvgIpc) is 2.45. The minimum Gasteiger partial charge on any atom is -0.395 e.